The molecule has 0 spiro atoms. The number of nitrogens with zero attached hydrogens (tertiary/aromatic N) is 2. The van der Waals surface area contributed by atoms with E-state index in [2.05, 4.69) is 64.5 Å². The second-order valence-electron chi connectivity index (χ2n) is 5.04. The number of aryl methyl sites for hydroxylation is 3. The number of nitrogens with one attached hydrogen (secondary N) is 1. The molecule has 0 bridgehead atoms. The predicted molar refractivity (Wildman–Crippen MR) is 86.9 cm³/mol. The standard InChI is InChI=1S/C16H22BrN3/c1-4-14-16(17)15(20(3)19-14)11-18-10-9-13-8-6-5-7-12(13)2/h5-8,18H,4,9-11H2,1-3H3. The third-order valence-corrected chi connectivity index (χ3v) is 4.54. The molecular formula is C16H22BrN3. The van der Waals surface area contributed by atoms with Crippen LogP contribution in [0.1, 0.15) is 29.4 Å². The van der Waals surface area contributed by atoms with Crippen molar-refractivity contribution in [3.05, 3.63) is 51.3 Å². The van der Waals surface area contributed by atoms with Crippen molar-refractivity contribution < 1.29 is 0 Å². The van der Waals surface area contributed by atoms with Crippen LogP contribution < -0.4 is 5.32 Å². The largest absolute Gasteiger partial charge is 0.311 e. The fourth-order valence-corrected chi connectivity index (χ4v) is 3.09. The number of rotatable bonds is 6. The Balaban J connectivity index is 1.88. The van der Waals surface area contributed by atoms with Gasteiger partial charge in [0, 0.05) is 13.6 Å². The van der Waals surface area contributed by atoms with E-state index < -0.39 is 0 Å². The summed E-state index contributed by atoms with van der Waals surface area (Å²) in [5, 5.41) is 8.02. The topological polar surface area (TPSA) is 29.9 Å². The van der Waals surface area contributed by atoms with E-state index in [1.807, 2.05) is 11.7 Å². The quantitative estimate of drug-likeness (QED) is 0.820. The molecule has 4 heteroatoms. The Hall–Kier alpha value is -1.13. The van der Waals surface area contributed by atoms with E-state index in [-0.39, 0.29) is 0 Å². The van der Waals surface area contributed by atoms with E-state index in [1.165, 1.54) is 16.8 Å². The molecule has 108 valence electrons. The van der Waals surface area contributed by atoms with Gasteiger partial charge in [-0.3, -0.25) is 4.68 Å². The Morgan fingerprint density at radius 1 is 1.30 bits per heavy atom. The van der Waals surface area contributed by atoms with Crippen molar-refractivity contribution in [2.45, 2.75) is 33.2 Å². The van der Waals surface area contributed by atoms with Gasteiger partial charge in [-0.2, -0.15) is 5.10 Å². The molecule has 1 aromatic heterocycles. The van der Waals surface area contributed by atoms with Gasteiger partial charge in [0.25, 0.3) is 0 Å². The van der Waals surface area contributed by atoms with Crippen LogP contribution >= 0.6 is 15.9 Å². The molecule has 0 amide bonds. The molecule has 0 saturated carbocycles. The first-order chi connectivity index (χ1) is 9.63. The van der Waals surface area contributed by atoms with Gasteiger partial charge in [-0.1, -0.05) is 31.2 Å². The number of hydrogen-bond acceptors (Lipinski definition) is 2. The monoisotopic (exact) mass is 335 g/mol. The van der Waals surface area contributed by atoms with Gasteiger partial charge in [-0.25, -0.2) is 0 Å². The van der Waals surface area contributed by atoms with Crippen molar-refractivity contribution in [3.8, 4) is 0 Å². The summed E-state index contributed by atoms with van der Waals surface area (Å²) in [5.74, 6) is 0. The van der Waals surface area contributed by atoms with Crippen LogP contribution in [-0.2, 0) is 26.4 Å². The molecular weight excluding hydrogens is 314 g/mol. The van der Waals surface area contributed by atoms with Gasteiger partial charge in [-0.05, 0) is 53.4 Å². The zero-order valence-electron chi connectivity index (χ0n) is 12.4. The summed E-state index contributed by atoms with van der Waals surface area (Å²) in [6, 6.07) is 8.56. The van der Waals surface area contributed by atoms with Crippen LogP contribution in [0, 0.1) is 6.92 Å². The summed E-state index contributed by atoms with van der Waals surface area (Å²) in [7, 11) is 2.00. The minimum atomic E-state index is 0.843. The minimum Gasteiger partial charge on any atom is -0.311 e. The van der Waals surface area contributed by atoms with Crippen molar-refractivity contribution in [3.63, 3.8) is 0 Å². The van der Waals surface area contributed by atoms with Gasteiger partial charge in [0.2, 0.25) is 0 Å². The molecule has 0 unspecified atom stereocenters. The average Bonchev–Trinajstić information content (AvgIpc) is 2.72. The van der Waals surface area contributed by atoms with Crippen LogP contribution in [0.25, 0.3) is 0 Å². The Morgan fingerprint density at radius 2 is 2.05 bits per heavy atom. The van der Waals surface area contributed by atoms with E-state index in [4.69, 9.17) is 0 Å². The van der Waals surface area contributed by atoms with Crippen LogP contribution in [-0.4, -0.2) is 16.3 Å². The highest BCUT2D eigenvalue weighted by Gasteiger charge is 2.11. The molecule has 0 fully saturated rings. The Labute approximate surface area is 129 Å². The molecule has 0 aliphatic rings. The zero-order chi connectivity index (χ0) is 14.5. The molecule has 1 aromatic carbocycles. The molecule has 1 N–H and O–H groups in total. The smallest absolute Gasteiger partial charge is 0.0767 e. The molecule has 0 atom stereocenters. The molecule has 0 aliphatic carbocycles. The SMILES string of the molecule is CCc1nn(C)c(CNCCc2ccccc2C)c1Br. The van der Waals surface area contributed by atoms with Gasteiger partial charge in [-0.15, -0.1) is 0 Å². The third kappa shape index (κ3) is 3.49. The van der Waals surface area contributed by atoms with Crippen molar-refractivity contribution in [1.82, 2.24) is 15.1 Å². The van der Waals surface area contributed by atoms with E-state index in [1.54, 1.807) is 0 Å². The van der Waals surface area contributed by atoms with Crippen LogP contribution in [0.3, 0.4) is 0 Å². The first kappa shape index (κ1) is 15.3. The van der Waals surface area contributed by atoms with Gasteiger partial charge in [0.15, 0.2) is 0 Å². The fraction of sp³-hybridized carbons (Fsp3) is 0.438. The van der Waals surface area contributed by atoms with Crippen molar-refractivity contribution >= 4 is 15.9 Å². The second-order valence-corrected chi connectivity index (χ2v) is 5.83. The van der Waals surface area contributed by atoms with Gasteiger partial charge >= 0.3 is 0 Å². The lowest BCUT2D eigenvalue weighted by Gasteiger charge is -2.08. The van der Waals surface area contributed by atoms with Gasteiger partial charge in [0.1, 0.15) is 0 Å². The maximum atomic E-state index is 4.51. The van der Waals surface area contributed by atoms with Crippen LogP contribution in [0.5, 0.6) is 0 Å². The molecule has 20 heavy (non-hydrogen) atoms. The van der Waals surface area contributed by atoms with Crippen LogP contribution in [0.4, 0.5) is 0 Å². The molecule has 2 rings (SSSR count). The summed E-state index contributed by atoms with van der Waals surface area (Å²) >= 11 is 3.65. The summed E-state index contributed by atoms with van der Waals surface area (Å²) < 4.78 is 3.11. The van der Waals surface area contributed by atoms with E-state index in [9.17, 15) is 0 Å². The zero-order valence-corrected chi connectivity index (χ0v) is 14.0. The van der Waals surface area contributed by atoms with Crippen molar-refractivity contribution in [1.29, 1.82) is 0 Å². The molecule has 1 heterocycles. The molecule has 0 aliphatic heterocycles. The Bertz CT molecular complexity index is 575. The molecule has 3 nitrogen and oxygen atoms in total. The highest BCUT2D eigenvalue weighted by Crippen LogP contribution is 2.21. The summed E-state index contributed by atoms with van der Waals surface area (Å²) in [4.78, 5) is 0. The number of benzene rings is 1. The number of halogens is 1. The van der Waals surface area contributed by atoms with E-state index in [0.29, 0.717) is 0 Å². The number of hydrogen-bond donors (Lipinski definition) is 1. The highest BCUT2D eigenvalue weighted by molar-refractivity contribution is 9.10. The van der Waals surface area contributed by atoms with Crippen LogP contribution in [0.2, 0.25) is 0 Å². The van der Waals surface area contributed by atoms with Crippen molar-refractivity contribution in [2.24, 2.45) is 7.05 Å². The first-order valence-electron chi connectivity index (χ1n) is 7.09. The lowest BCUT2D eigenvalue weighted by Crippen LogP contribution is -2.19. The first-order valence-corrected chi connectivity index (χ1v) is 7.88. The van der Waals surface area contributed by atoms with Gasteiger partial charge in [0.05, 0.1) is 15.9 Å². The molecule has 2 aromatic rings. The van der Waals surface area contributed by atoms with Crippen molar-refractivity contribution in [2.75, 3.05) is 6.54 Å². The Morgan fingerprint density at radius 3 is 2.70 bits per heavy atom. The normalized spacial score (nSPS) is 11.0. The second kappa shape index (κ2) is 7.04. The predicted octanol–water partition coefficient (Wildman–Crippen LogP) is 3.39. The maximum Gasteiger partial charge on any atom is 0.0767 e. The summed E-state index contributed by atoms with van der Waals surface area (Å²) in [5.41, 5.74) is 5.12. The van der Waals surface area contributed by atoms with Crippen LogP contribution in [0.15, 0.2) is 28.7 Å². The minimum absolute atomic E-state index is 0.843. The molecule has 0 radical (unpaired) electrons. The summed E-state index contributed by atoms with van der Waals surface area (Å²) in [6.45, 7) is 6.11. The average molecular weight is 336 g/mol. The maximum absolute atomic E-state index is 4.51. The number of aromatic nitrogens is 2. The Kier molecular flexibility index (Phi) is 5.38. The lowest BCUT2D eigenvalue weighted by molar-refractivity contribution is 0.621. The highest BCUT2D eigenvalue weighted by atomic mass is 79.9. The third-order valence-electron chi connectivity index (χ3n) is 3.63. The van der Waals surface area contributed by atoms with E-state index in [0.717, 1.165) is 36.1 Å². The molecule has 0 saturated heterocycles. The fourth-order valence-electron chi connectivity index (χ4n) is 2.33. The summed E-state index contributed by atoms with van der Waals surface area (Å²) in [6.07, 6.45) is 2.01. The lowest BCUT2D eigenvalue weighted by atomic mass is 10.1. The van der Waals surface area contributed by atoms with E-state index >= 15 is 0 Å². The van der Waals surface area contributed by atoms with Gasteiger partial charge < -0.3 is 5.32 Å².